The SMILES string of the molecule is COC(=O)c1cc(S(=O)(=O)NCCOc2cccc(C)c2)ccc1Cl. The Kier molecular flexibility index (Phi) is 6.41. The maximum Gasteiger partial charge on any atom is 0.339 e. The molecule has 0 aliphatic heterocycles. The van der Waals surface area contributed by atoms with E-state index < -0.39 is 16.0 Å². The van der Waals surface area contributed by atoms with E-state index in [4.69, 9.17) is 16.3 Å². The third-order valence-corrected chi connectivity index (χ3v) is 5.09. The maximum absolute atomic E-state index is 12.3. The Hall–Kier alpha value is -2.09. The van der Waals surface area contributed by atoms with E-state index in [2.05, 4.69) is 9.46 Å². The third-order valence-electron chi connectivity index (χ3n) is 3.31. The van der Waals surface area contributed by atoms with Gasteiger partial charge in [0, 0.05) is 6.54 Å². The molecule has 6 nitrogen and oxygen atoms in total. The van der Waals surface area contributed by atoms with Crippen LogP contribution in [0.1, 0.15) is 15.9 Å². The molecule has 2 aromatic carbocycles. The van der Waals surface area contributed by atoms with Gasteiger partial charge in [0.1, 0.15) is 12.4 Å². The predicted octanol–water partition coefficient (Wildman–Crippen LogP) is 2.79. The van der Waals surface area contributed by atoms with E-state index >= 15 is 0 Å². The molecule has 0 amide bonds. The van der Waals surface area contributed by atoms with Gasteiger partial charge < -0.3 is 9.47 Å². The molecule has 0 heterocycles. The first-order valence-electron chi connectivity index (χ1n) is 7.40. The lowest BCUT2D eigenvalue weighted by Gasteiger charge is -2.10. The Morgan fingerprint density at radius 1 is 1.20 bits per heavy atom. The number of benzene rings is 2. The number of rotatable bonds is 7. The number of ether oxygens (including phenoxy) is 2. The first-order chi connectivity index (χ1) is 11.8. The monoisotopic (exact) mass is 383 g/mol. The average Bonchev–Trinajstić information content (AvgIpc) is 2.58. The van der Waals surface area contributed by atoms with Crippen LogP contribution in [0.5, 0.6) is 5.75 Å². The molecule has 0 aromatic heterocycles. The molecule has 1 N–H and O–H groups in total. The summed E-state index contributed by atoms with van der Waals surface area (Å²) in [6.45, 7) is 2.18. The van der Waals surface area contributed by atoms with Crippen molar-refractivity contribution in [2.45, 2.75) is 11.8 Å². The quantitative estimate of drug-likeness (QED) is 0.587. The van der Waals surface area contributed by atoms with Gasteiger partial charge in [0.05, 0.1) is 22.6 Å². The molecule has 0 bridgehead atoms. The van der Waals surface area contributed by atoms with Gasteiger partial charge in [0.2, 0.25) is 10.0 Å². The Morgan fingerprint density at radius 2 is 1.96 bits per heavy atom. The summed E-state index contributed by atoms with van der Waals surface area (Å²) in [5.74, 6) is -0.0384. The van der Waals surface area contributed by atoms with Crippen LogP contribution in [0.4, 0.5) is 0 Å². The summed E-state index contributed by atoms with van der Waals surface area (Å²) in [6.07, 6.45) is 0. The van der Waals surface area contributed by atoms with E-state index in [-0.39, 0.29) is 28.6 Å². The van der Waals surface area contributed by atoms with Crippen LogP contribution in [0.25, 0.3) is 0 Å². The van der Waals surface area contributed by atoms with Crippen LogP contribution in [-0.2, 0) is 14.8 Å². The van der Waals surface area contributed by atoms with Gasteiger partial charge in [-0.1, -0.05) is 23.7 Å². The summed E-state index contributed by atoms with van der Waals surface area (Å²) in [4.78, 5) is 11.5. The van der Waals surface area contributed by atoms with Crippen molar-refractivity contribution in [2.24, 2.45) is 0 Å². The second-order valence-electron chi connectivity index (χ2n) is 5.20. The van der Waals surface area contributed by atoms with Crippen LogP contribution in [0.15, 0.2) is 47.4 Å². The first kappa shape index (κ1) is 19.2. The number of hydrogen-bond acceptors (Lipinski definition) is 5. The highest BCUT2D eigenvalue weighted by Gasteiger charge is 2.18. The van der Waals surface area contributed by atoms with E-state index in [1.807, 2.05) is 25.1 Å². The van der Waals surface area contributed by atoms with Crippen molar-refractivity contribution < 1.29 is 22.7 Å². The highest BCUT2D eigenvalue weighted by atomic mass is 35.5. The number of carbonyl (C=O) groups is 1. The Bertz CT molecular complexity index is 867. The van der Waals surface area contributed by atoms with Crippen molar-refractivity contribution in [1.82, 2.24) is 4.72 Å². The molecule has 0 aliphatic carbocycles. The fourth-order valence-corrected chi connectivity index (χ4v) is 3.30. The van der Waals surface area contributed by atoms with Gasteiger partial charge in [0.15, 0.2) is 0 Å². The van der Waals surface area contributed by atoms with Crippen LogP contribution < -0.4 is 9.46 Å². The lowest BCUT2D eigenvalue weighted by atomic mass is 10.2. The largest absolute Gasteiger partial charge is 0.492 e. The van der Waals surface area contributed by atoms with Gasteiger partial charge in [-0.2, -0.15) is 0 Å². The van der Waals surface area contributed by atoms with Crippen LogP contribution in [-0.4, -0.2) is 34.6 Å². The fraction of sp³-hybridized carbons (Fsp3) is 0.235. The topological polar surface area (TPSA) is 81.7 Å². The number of nitrogens with one attached hydrogen (secondary N) is 1. The highest BCUT2D eigenvalue weighted by Crippen LogP contribution is 2.21. The van der Waals surface area contributed by atoms with Gasteiger partial charge in [-0.05, 0) is 42.8 Å². The summed E-state index contributed by atoms with van der Waals surface area (Å²) in [6, 6.07) is 11.3. The standard InChI is InChI=1S/C17H18ClNO5S/c1-12-4-3-5-13(10-12)24-9-8-19-25(21,22)14-6-7-16(18)15(11-14)17(20)23-2/h3-7,10-11,19H,8-9H2,1-2H3. The molecule has 134 valence electrons. The van der Waals surface area contributed by atoms with Crippen molar-refractivity contribution in [1.29, 1.82) is 0 Å². The van der Waals surface area contributed by atoms with Crippen molar-refractivity contribution >= 4 is 27.6 Å². The second-order valence-corrected chi connectivity index (χ2v) is 7.37. The molecule has 2 aromatic rings. The average molecular weight is 384 g/mol. The molecule has 0 saturated carbocycles. The minimum absolute atomic E-state index is 0.0111. The van der Waals surface area contributed by atoms with Gasteiger partial charge in [-0.25, -0.2) is 17.9 Å². The molecule has 2 rings (SSSR count). The van der Waals surface area contributed by atoms with E-state index in [1.165, 1.54) is 25.3 Å². The number of aryl methyl sites for hydroxylation is 1. The molecule has 0 atom stereocenters. The predicted molar refractivity (Wildman–Crippen MR) is 94.7 cm³/mol. The third kappa shape index (κ3) is 5.19. The zero-order valence-corrected chi connectivity index (χ0v) is 15.4. The van der Waals surface area contributed by atoms with Gasteiger partial charge in [-0.3, -0.25) is 0 Å². The lowest BCUT2D eigenvalue weighted by molar-refractivity contribution is 0.0600. The molecule has 8 heteroatoms. The second kappa shape index (κ2) is 8.33. The number of hydrogen-bond donors (Lipinski definition) is 1. The van der Waals surface area contributed by atoms with Crippen molar-refractivity contribution in [3.63, 3.8) is 0 Å². The fourth-order valence-electron chi connectivity index (χ4n) is 2.07. The molecule has 25 heavy (non-hydrogen) atoms. The molecule has 0 fully saturated rings. The number of carbonyl (C=O) groups excluding carboxylic acids is 1. The summed E-state index contributed by atoms with van der Waals surface area (Å²) < 4.78 is 37.1. The van der Waals surface area contributed by atoms with Crippen LogP contribution >= 0.6 is 11.6 Å². The van der Waals surface area contributed by atoms with Crippen molar-refractivity contribution in [3.05, 3.63) is 58.6 Å². The Morgan fingerprint density at radius 3 is 2.64 bits per heavy atom. The summed E-state index contributed by atoms with van der Waals surface area (Å²) in [5, 5.41) is 0.119. The molecule has 0 unspecified atom stereocenters. The smallest absolute Gasteiger partial charge is 0.339 e. The van der Waals surface area contributed by atoms with Crippen LogP contribution in [0.2, 0.25) is 5.02 Å². The number of methoxy groups -OCH3 is 1. The van der Waals surface area contributed by atoms with E-state index in [0.717, 1.165) is 5.56 Å². The summed E-state index contributed by atoms with van der Waals surface area (Å²) >= 11 is 5.89. The molecule has 0 radical (unpaired) electrons. The lowest BCUT2D eigenvalue weighted by Crippen LogP contribution is -2.28. The first-order valence-corrected chi connectivity index (χ1v) is 9.26. The minimum Gasteiger partial charge on any atom is -0.492 e. The zero-order valence-electron chi connectivity index (χ0n) is 13.8. The van der Waals surface area contributed by atoms with E-state index in [1.54, 1.807) is 6.07 Å². The number of halogens is 1. The Balaban J connectivity index is 2.00. The van der Waals surface area contributed by atoms with Crippen molar-refractivity contribution in [2.75, 3.05) is 20.3 Å². The molecule has 0 aliphatic rings. The van der Waals surface area contributed by atoms with E-state index in [0.29, 0.717) is 5.75 Å². The molecule has 0 spiro atoms. The van der Waals surface area contributed by atoms with Crippen LogP contribution in [0, 0.1) is 6.92 Å². The normalized spacial score (nSPS) is 11.2. The minimum atomic E-state index is -3.80. The summed E-state index contributed by atoms with van der Waals surface area (Å²) in [5.41, 5.74) is 1.04. The van der Waals surface area contributed by atoms with E-state index in [9.17, 15) is 13.2 Å². The maximum atomic E-state index is 12.3. The molecule has 0 saturated heterocycles. The zero-order chi connectivity index (χ0) is 18.4. The van der Waals surface area contributed by atoms with Crippen molar-refractivity contribution in [3.8, 4) is 5.75 Å². The van der Waals surface area contributed by atoms with Gasteiger partial charge in [-0.15, -0.1) is 0 Å². The van der Waals surface area contributed by atoms with Gasteiger partial charge in [0.25, 0.3) is 0 Å². The van der Waals surface area contributed by atoms with Crippen LogP contribution in [0.3, 0.4) is 0 Å². The number of sulfonamides is 1. The van der Waals surface area contributed by atoms with Gasteiger partial charge >= 0.3 is 5.97 Å². The molecular formula is C17H18ClNO5S. The summed E-state index contributed by atoms with van der Waals surface area (Å²) in [7, 11) is -2.61. The number of esters is 1. The molecular weight excluding hydrogens is 366 g/mol. The highest BCUT2D eigenvalue weighted by molar-refractivity contribution is 7.89. The Labute approximate surface area is 151 Å².